The summed E-state index contributed by atoms with van der Waals surface area (Å²) >= 11 is 3.38. The number of nitrogens with zero attached hydrogens (tertiary/aromatic N) is 3. The van der Waals surface area contributed by atoms with Gasteiger partial charge < -0.3 is 10.0 Å². The van der Waals surface area contributed by atoms with E-state index in [0.29, 0.717) is 30.6 Å². The topological polar surface area (TPSA) is 75.4 Å². The lowest BCUT2D eigenvalue weighted by molar-refractivity contribution is -0.141. The highest BCUT2D eigenvalue weighted by atomic mass is 79.9. The van der Waals surface area contributed by atoms with Gasteiger partial charge in [0.2, 0.25) is 0 Å². The molecule has 1 aliphatic rings. The Kier molecular flexibility index (Phi) is 4.21. The number of carbonyl (C=O) groups excluding carboxylic acids is 1. The summed E-state index contributed by atoms with van der Waals surface area (Å²) in [6.45, 7) is 2.28. The molecule has 7 heteroatoms. The number of carboxylic acid groups (broad SMARTS) is 1. The van der Waals surface area contributed by atoms with E-state index in [9.17, 15) is 14.7 Å². The number of carbonyl (C=O) groups is 2. The first-order chi connectivity index (χ1) is 11.0. The second-order valence-electron chi connectivity index (χ2n) is 5.53. The van der Waals surface area contributed by atoms with Crippen LogP contribution in [-0.4, -0.2) is 44.3 Å². The van der Waals surface area contributed by atoms with Crippen LogP contribution in [0.1, 0.15) is 28.9 Å². The molecule has 1 aliphatic heterocycles. The van der Waals surface area contributed by atoms with Crippen LogP contribution in [0.5, 0.6) is 0 Å². The van der Waals surface area contributed by atoms with Crippen molar-refractivity contribution in [3.05, 3.63) is 46.2 Å². The van der Waals surface area contributed by atoms with E-state index in [1.54, 1.807) is 4.68 Å². The Morgan fingerprint density at radius 1 is 1.30 bits per heavy atom. The average Bonchev–Trinajstić information content (AvgIpc) is 3.14. The summed E-state index contributed by atoms with van der Waals surface area (Å²) in [4.78, 5) is 25.4. The zero-order valence-corrected chi connectivity index (χ0v) is 14.2. The van der Waals surface area contributed by atoms with Crippen LogP contribution in [0.4, 0.5) is 0 Å². The van der Waals surface area contributed by atoms with Gasteiger partial charge in [-0.2, -0.15) is 5.10 Å². The summed E-state index contributed by atoms with van der Waals surface area (Å²) in [6.07, 6.45) is 2.72. The molecule has 1 aromatic heterocycles. The van der Waals surface area contributed by atoms with E-state index in [1.807, 2.05) is 31.2 Å². The zero-order valence-electron chi connectivity index (χ0n) is 12.6. The molecule has 0 bridgehead atoms. The molecule has 1 saturated heterocycles. The maximum Gasteiger partial charge on any atom is 0.326 e. The molecule has 0 spiro atoms. The van der Waals surface area contributed by atoms with Gasteiger partial charge in [-0.05, 0) is 44.0 Å². The predicted molar refractivity (Wildman–Crippen MR) is 87.7 cm³/mol. The van der Waals surface area contributed by atoms with E-state index in [1.165, 1.54) is 11.1 Å². The second kappa shape index (κ2) is 6.16. The van der Waals surface area contributed by atoms with Gasteiger partial charge in [-0.3, -0.25) is 4.79 Å². The van der Waals surface area contributed by atoms with E-state index >= 15 is 0 Å². The number of carboxylic acids is 1. The molecule has 0 radical (unpaired) electrons. The molecule has 1 amide bonds. The Hall–Kier alpha value is -2.15. The fraction of sp³-hybridized carbons (Fsp3) is 0.312. The molecule has 2 heterocycles. The quantitative estimate of drug-likeness (QED) is 0.891. The number of rotatable bonds is 3. The molecular formula is C16H16BrN3O3. The molecule has 3 rings (SSSR count). The van der Waals surface area contributed by atoms with Gasteiger partial charge in [-0.15, -0.1) is 0 Å². The van der Waals surface area contributed by atoms with Crippen molar-refractivity contribution in [3.63, 3.8) is 0 Å². The summed E-state index contributed by atoms with van der Waals surface area (Å²) in [5.41, 5.74) is 2.00. The number of likely N-dealkylation sites (tertiary alicyclic amines) is 1. The summed E-state index contributed by atoms with van der Waals surface area (Å²) < 4.78 is 2.65. The van der Waals surface area contributed by atoms with Crippen LogP contribution >= 0.6 is 15.9 Å². The highest BCUT2D eigenvalue weighted by Crippen LogP contribution is 2.23. The highest BCUT2D eigenvalue weighted by molar-refractivity contribution is 9.10. The summed E-state index contributed by atoms with van der Waals surface area (Å²) in [5, 5.41) is 13.5. The number of amides is 1. The SMILES string of the molecule is Cc1c(C(=O)N2CCC[C@@H]2C(=O)O)cnn1-c1ccc(Br)cc1. The third-order valence-corrected chi connectivity index (χ3v) is 4.64. The van der Waals surface area contributed by atoms with Crippen LogP contribution in [-0.2, 0) is 4.79 Å². The first kappa shape index (κ1) is 15.7. The molecule has 23 heavy (non-hydrogen) atoms. The Balaban J connectivity index is 1.91. The molecule has 6 nitrogen and oxygen atoms in total. The molecule has 0 aliphatic carbocycles. The van der Waals surface area contributed by atoms with Gasteiger partial charge in [0.05, 0.1) is 23.1 Å². The molecule has 120 valence electrons. The fourth-order valence-corrected chi connectivity index (χ4v) is 3.15. The Labute approximate surface area is 141 Å². The fourth-order valence-electron chi connectivity index (χ4n) is 2.88. The highest BCUT2D eigenvalue weighted by Gasteiger charge is 2.35. The number of benzene rings is 1. The standard InChI is InChI=1S/C16H16BrN3O3/c1-10-13(15(21)19-8-2-3-14(19)16(22)23)9-18-20(10)12-6-4-11(17)5-7-12/h4-7,9,14H,2-3,8H2,1H3,(H,22,23)/t14-/m1/s1. The van der Waals surface area contributed by atoms with Crippen molar-refractivity contribution in [1.29, 1.82) is 0 Å². The van der Waals surface area contributed by atoms with Gasteiger partial charge in [0.25, 0.3) is 5.91 Å². The number of aliphatic carboxylic acids is 1. The van der Waals surface area contributed by atoms with Crippen molar-refractivity contribution >= 4 is 27.8 Å². The van der Waals surface area contributed by atoms with E-state index in [4.69, 9.17) is 0 Å². The molecular weight excluding hydrogens is 362 g/mol. The van der Waals surface area contributed by atoms with Crippen LogP contribution in [0.15, 0.2) is 34.9 Å². The van der Waals surface area contributed by atoms with Crippen LogP contribution in [0.25, 0.3) is 5.69 Å². The molecule has 0 saturated carbocycles. The zero-order chi connectivity index (χ0) is 16.6. The second-order valence-corrected chi connectivity index (χ2v) is 6.44. The van der Waals surface area contributed by atoms with Crippen LogP contribution < -0.4 is 0 Å². The predicted octanol–water partition coefficient (Wildman–Crippen LogP) is 2.63. The lowest BCUT2D eigenvalue weighted by Crippen LogP contribution is -2.40. The average molecular weight is 378 g/mol. The third kappa shape index (κ3) is 2.88. The molecule has 1 atom stereocenters. The van der Waals surface area contributed by atoms with Crippen molar-refractivity contribution in [2.24, 2.45) is 0 Å². The molecule has 2 aromatic rings. The van der Waals surface area contributed by atoms with Gasteiger partial charge in [0.15, 0.2) is 0 Å². The van der Waals surface area contributed by atoms with Gasteiger partial charge in [-0.25, -0.2) is 9.48 Å². The van der Waals surface area contributed by atoms with Gasteiger partial charge in [-0.1, -0.05) is 15.9 Å². The van der Waals surface area contributed by atoms with Crippen molar-refractivity contribution in [3.8, 4) is 5.69 Å². The minimum absolute atomic E-state index is 0.268. The monoisotopic (exact) mass is 377 g/mol. The van der Waals surface area contributed by atoms with Gasteiger partial charge >= 0.3 is 5.97 Å². The Bertz CT molecular complexity index is 754. The first-order valence-electron chi connectivity index (χ1n) is 7.33. The largest absolute Gasteiger partial charge is 0.480 e. The van der Waals surface area contributed by atoms with E-state index in [2.05, 4.69) is 21.0 Å². The number of hydrogen-bond acceptors (Lipinski definition) is 3. The summed E-state index contributed by atoms with van der Waals surface area (Å²) in [5.74, 6) is -1.22. The van der Waals surface area contributed by atoms with Crippen molar-refractivity contribution in [1.82, 2.24) is 14.7 Å². The van der Waals surface area contributed by atoms with Gasteiger partial charge in [0, 0.05) is 11.0 Å². The molecule has 1 aromatic carbocycles. The van der Waals surface area contributed by atoms with Crippen molar-refractivity contribution in [2.45, 2.75) is 25.8 Å². The lowest BCUT2D eigenvalue weighted by Gasteiger charge is -2.21. The number of hydrogen-bond donors (Lipinski definition) is 1. The number of halogens is 1. The van der Waals surface area contributed by atoms with E-state index in [0.717, 1.165) is 10.2 Å². The maximum absolute atomic E-state index is 12.7. The third-order valence-electron chi connectivity index (χ3n) is 4.11. The van der Waals surface area contributed by atoms with Crippen LogP contribution in [0.2, 0.25) is 0 Å². The molecule has 1 fully saturated rings. The number of aromatic nitrogens is 2. The minimum atomic E-state index is -0.950. The first-order valence-corrected chi connectivity index (χ1v) is 8.12. The lowest BCUT2D eigenvalue weighted by atomic mass is 10.2. The van der Waals surface area contributed by atoms with Crippen molar-refractivity contribution < 1.29 is 14.7 Å². The maximum atomic E-state index is 12.7. The van der Waals surface area contributed by atoms with Crippen LogP contribution in [0, 0.1) is 6.92 Å². The minimum Gasteiger partial charge on any atom is -0.480 e. The van der Waals surface area contributed by atoms with Crippen LogP contribution in [0.3, 0.4) is 0 Å². The normalized spacial score (nSPS) is 17.5. The van der Waals surface area contributed by atoms with Gasteiger partial charge in [0.1, 0.15) is 6.04 Å². The molecule has 1 N–H and O–H groups in total. The summed E-state index contributed by atoms with van der Waals surface area (Å²) in [7, 11) is 0. The molecule has 0 unspecified atom stereocenters. The van der Waals surface area contributed by atoms with Crippen molar-refractivity contribution in [2.75, 3.05) is 6.54 Å². The smallest absolute Gasteiger partial charge is 0.326 e. The van der Waals surface area contributed by atoms with E-state index < -0.39 is 12.0 Å². The van der Waals surface area contributed by atoms with E-state index in [-0.39, 0.29) is 5.91 Å². The summed E-state index contributed by atoms with van der Waals surface area (Å²) in [6, 6.07) is 6.86. The Morgan fingerprint density at radius 2 is 2.00 bits per heavy atom. The Morgan fingerprint density at radius 3 is 2.65 bits per heavy atom.